The number of carbonyl (C=O) groups excluding carboxylic acids is 2. The van der Waals surface area contributed by atoms with Crippen molar-refractivity contribution < 1.29 is 19.3 Å². The molecular weight excluding hydrogens is 366 g/mol. The highest BCUT2D eigenvalue weighted by atomic mass is 16.3. The van der Waals surface area contributed by atoms with E-state index in [1.807, 2.05) is 74.5 Å². The zero-order valence-corrected chi connectivity index (χ0v) is 17.0. The van der Waals surface area contributed by atoms with E-state index in [1.165, 1.54) is 0 Å². The van der Waals surface area contributed by atoms with E-state index in [9.17, 15) is 14.7 Å². The van der Waals surface area contributed by atoms with Gasteiger partial charge in [-0.15, -0.1) is 0 Å². The number of hydrogen-bond acceptors (Lipinski definition) is 5. The lowest BCUT2D eigenvalue weighted by atomic mass is 10.0. The monoisotopic (exact) mass is 396 g/mol. The summed E-state index contributed by atoms with van der Waals surface area (Å²) in [6, 6.07) is 18.2. The largest absolute Gasteiger partial charge is 0.434 e. The molecule has 0 aliphatic heterocycles. The fourth-order valence-corrected chi connectivity index (χ4v) is 2.99. The molecule has 0 aliphatic rings. The fourth-order valence-electron chi connectivity index (χ4n) is 2.99. The van der Waals surface area contributed by atoms with Crippen molar-refractivity contribution in [3.63, 3.8) is 0 Å². The maximum atomic E-state index is 12.7. The number of rotatable bonds is 10. The van der Waals surface area contributed by atoms with Crippen LogP contribution in [-0.2, 0) is 16.0 Å². The van der Waals surface area contributed by atoms with Crippen LogP contribution in [0.1, 0.15) is 37.6 Å². The number of aryl methyl sites for hydroxylation is 1. The minimum atomic E-state index is -0.813. The van der Waals surface area contributed by atoms with E-state index in [2.05, 4.69) is 5.32 Å². The summed E-state index contributed by atoms with van der Waals surface area (Å²) in [6.07, 6.45) is 1.63. The van der Waals surface area contributed by atoms with Gasteiger partial charge in [0.1, 0.15) is 6.04 Å². The zero-order valence-electron chi connectivity index (χ0n) is 17.0. The van der Waals surface area contributed by atoms with Crippen LogP contribution in [-0.4, -0.2) is 40.4 Å². The Morgan fingerprint density at radius 3 is 2.24 bits per heavy atom. The molecule has 2 aromatic rings. The van der Waals surface area contributed by atoms with Crippen molar-refractivity contribution in [1.29, 1.82) is 0 Å². The van der Waals surface area contributed by atoms with Crippen LogP contribution in [0, 0.1) is 5.92 Å². The van der Waals surface area contributed by atoms with Gasteiger partial charge in [-0.3, -0.25) is 5.32 Å². The van der Waals surface area contributed by atoms with Crippen LogP contribution in [0.25, 0.3) is 0 Å². The van der Waals surface area contributed by atoms with E-state index in [-0.39, 0.29) is 12.5 Å². The van der Waals surface area contributed by atoms with E-state index in [0.29, 0.717) is 6.42 Å². The molecule has 0 saturated heterocycles. The maximum absolute atomic E-state index is 12.7. The van der Waals surface area contributed by atoms with E-state index in [0.717, 1.165) is 22.1 Å². The highest BCUT2D eigenvalue weighted by Gasteiger charge is 2.36. The zero-order chi connectivity index (χ0) is 21.2. The number of benzene rings is 2. The Labute approximate surface area is 172 Å². The van der Waals surface area contributed by atoms with Crippen molar-refractivity contribution in [1.82, 2.24) is 5.32 Å². The van der Waals surface area contributed by atoms with Gasteiger partial charge in [0.05, 0.1) is 6.10 Å². The number of aliphatic hydroxyl groups is 1. The molecule has 2 aromatic carbocycles. The Morgan fingerprint density at radius 1 is 1.10 bits per heavy atom. The maximum Gasteiger partial charge on any atom is 0.434 e. The number of nitrogens with two attached hydrogens (primary N) is 1. The summed E-state index contributed by atoms with van der Waals surface area (Å²) in [5, 5.41) is 13.5. The minimum Gasteiger partial charge on any atom is -0.392 e. The van der Waals surface area contributed by atoms with Gasteiger partial charge in [-0.1, -0.05) is 79.1 Å². The molecule has 0 fully saturated rings. The number of isocyanates is 1. The van der Waals surface area contributed by atoms with Crippen molar-refractivity contribution in [2.24, 2.45) is 11.7 Å². The summed E-state index contributed by atoms with van der Waals surface area (Å²) in [5.74, 6) is -0.624. The molecule has 29 heavy (non-hydrogen) atoms. The molecule has 6 nitrogen and oxygen atoms in total. The third-order valence-electron chi connectivity index (χ3n) is 4.87. The van der Waals surface area contributed by atoms with Crippen molar-refractivity contribution in [2.75, 3.05) is 6.54 Å². The van der Waals surface area contributed by atoms with Crippen LogP contribution < -0.4 is 11.1 Å². The molecule has 0 bridgehead atoms. The predicted molar refractivity (Wildman–Crippen MR) is 112 cm³/mol. The molecule has 154 valence electrons. The van der Waals surface area contributed by atoms with Crippen LogP contribution in [0.2, 0.25) is 0 Å². The second kappa shape index (κ2) is 11.4. The highest BCUT2D eigenvalue weighted by molar-refractivity contribution is 5.75. The quantitative estimate of drug-likeness (QED) is 0.247. The van der Waals surface area contributed by atoms with Crippen molar-refractivity contribution in [3.8, 4) is 0 Å². The summed E-state index contributed by atoms with van der Waals surface area (Å²) >= 11 is 0. The van der Waals surface area contributed by atoms with Crippen molar-refractivity contribution >= 4 is 12.0 Å². The summed E-state index contributed by atoms with van der Waals surface area (Å²) in [6.45, 7) is 3.86. The smallest absolute Gasteiger partial charge is 0.392 e. The molecule has 0 radical (unpaired) electrons. The van der Waals surface area contributed by atoms with Gasteiger partial charge in [-0.2, -0.15) is 4.79 Å². The number of nitrogens with one attached hydrogen (secondary N) is 1. The molecule has 0 aliphatic carbocycles. The second-order valence-corrected chi connectivity index (χ2v) is 7.47. The first-order chi connectivity index (χ1) is 13.9. The summed E-state index contributed by atoms with van der Waals surface area (Å²) in [5.41, 5.74) is 7.84. The molecule has 2 rings (SSSR count). The molecule has 1 unspecified atom stereocenters. The van der Waals surface area contributed by atoms with Gasteiger partial charge in [0.2, 0.25) is 0 Å². The van der Waals surface area contributed by atoms with Crippen LogP contribution in [0.3, 0.4) is 0 Å². The lowest BCUT2D eigenvalue weighted by Crippen LogP contribution is -2.47. The summed E-state index contributed by atoms with van der Waals surface area (Å²) in [7, 11) is 0. The molecular formula is C23H30N3O3+. The Bertz CT molecular complexity index is 818. The molecule has 6 heteroatoms. The molecule has 1 amide bonds. The summed E-state index contributed by atoms with van der Waals surface area (Å²) in [4.78, 5) is 24.4. The number of amides is 1. The van der Waals surface area contributed by atoms with Crippen LogP contribution >= 0.6 is 0 Å². The number of aliphatic hydroxyl groups excluding tert-OH is 1. The molecule has 0 saturated carbocycles. The molecule has 0 aromatic heterocycles. The van der Waals surface area contributed by atoms with Crippen LogP contribution in [0.15, 0.2) is 60.7 Å². The Kier molecular flexibility index (Phi) is 8.90. The average Bonchev–Trinajstić information content (AvgIpc) is 2.75. The third-order valence-corrected chi connectivity index (χ3v) is 4.87. The predicted octanol–water partition coefficient (Wildman–Crippen LogP) is 2.13. The number of hydrogen-bond donors (Lipinski definition) is 3. The van der Waals surface area contributed by atoms with E-state index >= 15 is 0 Å². The van der Waals surface area contributed by atoms with Crippen LogP contribution in [0.4, 0.5) is 0 Å². The Balaban J connectivity index is 2.10. The van der Waals surface area contributed by atoms with Crippen molar-refractivity contribution in [2.45, 2.75) is 45.0 Å². The number of nitrogens with zero attached hydrogens (tertiary/aromatic N) is 1. The standard InChI is InChI=1S/C23H30N3O3/c1-17(2)21(24)23(29)26(16-27)22(19-11-7-4-8-12-19)25-15-20(28)14-13-18-9-5-3-6-10-18/h3-12,17,20-22,25,28H,13-15,24H2,1-2H3/q+1/t20-,21-,22?/m0/s1. The lowest BCUT2D eigenvalue weighted by Gasteiger charge is -2.19. The second-order valence-electron chi connectivity index (χ2n) is 7.47. The lowest BCUT2D eigenvalue weighted by molar-refractivity contribution is -0.501. The third kappa shape index (κ3) is 6.73. The normalized spacial score (nSPS) is 14.1. The minimum absolute atomic E-state index is 0.119. The first-order valence-electron chi connectivity index (χ1n) is 9.90. The Morgan fingerprint density at radius 2 is 1.69 bits per heavy atom. The van der Waals surface area contributed by atoms with Crippen LogP contribution in [0.5, 0.6) is 0 Å². The summed E-state index contributed by atoms with van der Waals surface area (Å²) < 4.78 is 0.962. The van der Waals surface area contributed by atoms with Gasteiger partial charge in [-0.05, 0) is 24.3 Å². The van der Waals surface area contributed by atoms with Gasteiger partial charge in [0.25, 0.3) is 6.17 Å². The highest BCUT2D eigenvalue weighted by Crippen LogP contribution is 2.16. The number of carbonyl (C=O) groups is 1. The van der Waals surface area contributed by atoms with Gasteiger partial charge in [0, 0.05) is 12.1 Å². The topological polar surface area (TPSA) is 95.4 Å². The van der Waals surface area contributed by atoms with Gasteiger partial charge >= 0.3 is 12.0 Å². The molecule has 3 atom stereocenters. The molecule has 4 N–H and O–H groups in total. The SMILES string of the molecule is CC(C)[C@H](N)C(=O)[N+](=C=O)C(NC[C@@H](O)CCc1ccccc1)c1ccccc1. The van der Waals surface area contributed by atoms with Gasteiger partial charge in [0.15, 0.2) is 0 Å². The van der Waals surface area contributed by atoms with Crippen molar-refractivity contribution in [3.05, 3.63) is 71.8 Å². The molecule has 0 heterocycles. The van der Waals surface area contributed by atoms with Gasteiger partial charge < -0.3 is 10.8 Å². The average molecular weight is 397 g/mol. The first kappa shape index (κ1) is 22.7. The van der Waals surface area contributed by atoms with Gasteiger partial charge in [-0.25, -0.2) is 4.79 Å². The Hall–Kier alpha value is -2.63. The molecule has 0 spiro atoms. The van der Waals surface area contributed by atoms with E-state index in [4.69, 9.17) is 5.73 Å². The first-order valence-corrected chi connectivity index (χ1v) is 9.90. The van der Waals surface area contributed by atoms with E-state index < -0.39 is 24.2 Å². The van der Waals surface area contributed by atoms with E-state index in [1.54, 1.807) is 6.08 Å². The fraction of sp³-hybridized carbons (Fsp3) is 0.391.